The fourth-order valence-electron chi connectivity index (χ4n) is 4.78. The summed E-state index contributed by atoms with van der Waals surface area (Å²) in [6, 6.07) is 14.1. The Morgan fingerprint density at radius 1 is 0.897 bits per heavy atom. The molecule has 2 aromatic heterocycles. The topological polar surface area (TPSA) is 87.1 Å². The van der Waals surface area contributed by atoms with Crippen LogP contribution in [0.1, 0.15) is 35.7 Å². The maximum absolute atomic E-state index is 14.8. The van der Waals surface area contributed by atoms with Gasteiger partial charge in [0, 0.05) is 35.1 Å². The smallest absolute Gasteiger partial charge is 0.381 e. The number of ether oxygens (including phenoxy) is 1. The highest BCUT2D eigenvalue weighted by molar-refractivity contribution is 7.10. The lowest BCUT2D eigenvalue weighted by Crippen LogP contribution is -2.55. The highest BCUT2D eigenvalue weighted by atomic mass is 32.1. The summed E-state index contributed by atoms with van der Waals surface area (Å²) < 4.78 is 93.0. The number of hydrogen-bond donors (Lipinski definition) is 1. The van der Waals surface area contributed by atoms with E-state index in [-0.39, 0.29) is 37.2 Å². The molecule has 0 radical (unpaired) electrons. The third kappa shape index (κ3) is 5.30. The molecule has 4 aromatic rings. The van der Waals surface area contributed by atoms with E-state index in [1.165, 1.54) is 29.5 Å². The summed E-state index contributed by atoms with van der Waals surface area (Å²) in [5, 5.41) is 5.62. The summed E-state index contributed by atoms with van der Waals surface area (Å²) in [6.45, 7) is 0.467. The molecule has 3 heterocycles. The predicted molar refractivity (Wildman–Crippen MR) is 131 cm³/mol. The molecule has 6 nitrogen and oxygen atoms in total. The van der Waals surface area contributed by atoms with Gasteiger partial charge in [0.25, 0.3) is 0 Å². The van der Waals surface area contributed by atoms with Gasteiger partial charge in [-0.05, 0) is 30.9 Å². The first-order chi connectivity index (χ1) is 18.4. The van der Waals surface area contributed by atoms with E-state index in [0.717, 1.165) is 11.6 Å². The van der Waals surface area contributed by atoms with Crippen molar-refractivity contribution in [1.82, 2.24) is 15.1 Å². The lowest BCUT2D eigenvalue weighted by molar-refractivity contribution is -0.198. The van der Waals surface area contributed by atoms with Crippen molar-refractivity contribution in [3.05, 3.63) is 76.4 Å². The van der Waals surface area contributed by atoms with Crippen molar-refractivity contribution < 1.29 is 35.6 Å². The van der Waals surface area contributed by atoms with Crippen molar-refractivity contribution >= 4 is 11.3 Å². The van der Waals surface area contributed by atoms with Crippen molar-refractivity contribution in [1.29, 1.82) is 0 Å². The molecule has 1 atom stereocenters. The summed E-state index contributed by atoms with van der Waals surface area (Å²) >= 11 is 1.27. The third-order valence-electron chi connectivity index (χ3n) is 6.90. The first-order valence-corrected chi connectivity index (χ1v) is 12.8. The van der Waals surface area contributed by atoms with Crippen molar-refractivity contribution in [2.75, 3.05) is 13.2 Å². The third-order valence-corrected chi connectivity index (χ3v) is 7.99. The zero-order chi connectivity index (χ0) is 27.9. The Balaban J connectivity index is 1.55. The first-order valence-electron chi connectivity index (χ1n) is 11.9. The molecule has 1 aliphatic heterocycles. The zero-order valence-electron chi connectivity index (χ0n) is 20.2. The average Bonchev–Trinajstić information content (AvgIpc) is 3.60. The van der Waals surface area contributed by atoms with E-state index in [0.29, 0.717) is 10.7 Å². The number of thiazole rings is 1. The number of nitrogens with zero attached hydrogens (tertiary/aromatic N) is 3. The standard InChI is InChI=1S/C26H22F6N4O2S/c27-25(28,29)21-35-20(36-38-21)17-7-4-8-18(13-17)24(33,26(30,31)32)15-23(9-11-37-12-10-23)22-34-19(14-39-22)16-5-2-1-3-6-16/h1-8,13-14H,9-12,15,33H2. The monoisotopic (exact) mass is 568 g/mol. The minimum Gasteiger partial charge on any atom is -0.381 e. The van der Waals surface area contributed by atoms with Gasteiger partial charge in [-0.15, -0.1) is 11.3 Å². The number of halogens is 6. The maximum atomic E-state index is 14.8. The molecule has 1 fully saturated rings. The van der Waals surface area contributed by atoms with Crippen molar-refractivity contribution in [2.45, 2.75) is 42.6 Å². The van der Waals surface area contributed by atoms with E-state index < -0.39 is 41.4 Å². The molecule has 1 unspecified atom stereocenters. The fraction of sp³-hybridized carbons (Fsp3) is 0.346. The van der Waals surface area contributed by atoms with Crippen LogP contribution in [0.3, 0.4) is 0 Å². The first kappa shape index (κ1) is 27.3. The molecule has 2 aromatic carbocycles. The molecule has 0 aliphatic carbocycles. The van der Waals surface area contributed by atoms with Crippen molar-refractivity contribution in [3.8, 4) is 22.6 Å². The van der Waals surface area contributed by atoms with Crippen molar-refractivity contribution in [2.24, 2.45) is 5.73 Å². The molecule has 0 bridgehead atoms. The molecule has 206 valence electrons. The normalized spacial score (nSPS) is 17.6. The Bertz CT molecular complexity index is 1430. The number of nitrogens with two attached hydrogens (primary N) is 1. The predicted octanol–water partition coefficient (Wildman–Crippen LogP) is 6.73. The summed E-state index contributed by atoms with van der Waals surface area (Å²) in [6.07, 6.45) is -9.82. The van der Waals surface area contributed by atoms with Gasteiger partial charge >= 0.3 is 18.2 Å². The van der Waals surface area contributed by atoms with Gasteiger partial charge in [0.2, 0.25) is 5.82 Å². The number of hydrogen-bond acceptors (Lipinski definition) is 7. The molecule has 1 aliphatic rings. The molecule has 1 saturated heterocycles. The largest absolute Gasteiger partial charge is 0.471 e. The van der Waals surface area contributed by atoms with Crippen LogP contribution in [0.5, 0.6) is 0 Å². The van der Waals surface area contributed by atoms with Crippen LogP contribution in [0.25, 0.3) is 22.6 Å². The summed E-state index contributed by atoms with van der Waals surface area (Å²) in [5.41, 5.74) is 3.40. The van der Waals surface area contributed by atoms with Gasteiger partial charge in [-0.1, -0.05) is 53.7 Å². The minimum absolute atomic E-state index is 0.0903. The lowest BCUT2D eigenvalue weighted by atomic mass is 9.68. The van der Waals surface area contributed by atoms with Gasteiger partial charge in [0.1, 0.15) is 5.54 Å². The average molecular weight is 569 g/mol. The summed E-state index contributed by atoms with van der Waals surface area (Å²) in [5.74, 6) is -2.10. The Morgan fingerprint density at radius 2 is 1.59 bits per heavy atom. The molecular formula is C26H22F6N4O2S. The molecule has 0 saturated carbocycles. The zero-order valence-corrected chi connectivity index (χ0v) is 21.0. The lowest BCUT2D eigenvalue weighted by Gasteiger charge is -2.43. The van der Waals surface area contributed by atoms with E-state index in [9.17, 15) is 26.3 Å². The van der Waals surface area contributed by atoms with Gasteiger partial charge in [0.05, 0.1) is 10.7 Å². The molecule has 13 heteroatoms. The second kappa shape index (κ2) is 10.0. The van der Waals surface area contributed by atoms with Crippen LogP contribution in [-0.2, 0) is 21.9 Å². The van der Waals surface area contributed by atoms with E-state index in [4.69, 9.17) is 15.5 Å². The van der Waals surface area contributed by atoms with Crippen LogP contribution < -0.4 is 5.73 Å². The van der Waals surface area contributed by atoms with Crippen LogP contribution >= 0.6 is 11.3 Å². The van der Waals surface area contributed by atoms with Crippen LogP contribution in [0.4, 0.5) is 26.3 Å². The minimum atomic E-state index is -4.91. The Hall–Kier alpha value is -3.29. The van der Waals surface area contributed by atoms with E-state index in [1.54, 1.807) is 0 Å². The Morgan fingerprint density at radius 3 is 2.23 bits per heavy atom. The molecule has 0 amide bonds. The summed E-state index contributed by atoms with van der Waals surface area (Å²) in [4.78, 5) is 8.02. The molecular weight excluding hydrogens is 546 g/mol. The van der Waals surface area contributed by atoms with Crippen LogP contribution in [0.15, 0.2) is 64.5 Å². The quantitative estimate of drug-likeness (QED) is 0.260. The number of alkyl halides is 6. The second-order valence-corrected chi connectivity index (χ2v) is 10.3. The number of benzene rings is 2. The van der Waals surface area contributed by atoms with Gasteiger partial charge in [-0.25, -0.2) is 4.98 Å². The van der Waals surface area contributed by atoms with Gasteiger partial charge in [-0.3, -0.25) is 0 Å². The molecule has 0 spiro atoms. The van der Waals surface area contributed by atoms with E-state index in [1.807, 2.05) is 35.7 Å². The SMILES string of the molecule is NC(CC1(c2nc(-c3ccccc3)cs2)CCOCC1)(c1cccc(-c2noc(C(F)(F)F)n2)c1)C(F)(F)F. The highest BCUT2D eigenvalue weighted by Gasteiger charge is 2.58. The van der Waals surface area contributed by atoms with E-state index >= 15 is 0 Å². The Labute approximate surface area is 222 Å². The second-order valence-electron chi connectivity index (χ2n) is 9.44. The molecule has 5 rings (SSSR count). The number of aromatic nitrogens is 3. The Kier molecular flexibility index (Phi) is 7.02. The molecule has 2 N–H and O–H groups in total. The van der Waals surface area contributed by atoms with Gasteiger partial charge in [0.15, 0.2) is 0 Å². The van der Waals surface area contributed by atoms with Crippen LogP contribution in [0.2, 0.25) is 0 Å². The fourth-order valence-corrected chi connectivity index (χ4v) is 5.87. The van der Waals surface area contributed by atoms with Crippen LogP contribution in [0, 0.1) is 0 Å². The van der Waals surface area contributed by atoms with Gasteiger partial charge < -0.3 is 15.0 Å². The van der Waals surface area contributed by atoms with Crippen LogP contribution in [-0.4, -0.2) is 34.5 Å². The van der Waals surface area contributed by atoms with Crippen molar-refractivity contribution in [3.63, 3.8) is 0 Å². The number of rotatable bonds is 6. The highest BCUT2D eigenvalue weighted by Crippen LogP contribution is 2.50. The summed E-state index contributed by atoms with van der Waals surface area (Å²) in [7, 11) is 0. The molecule has 39 heavy (non-hydrogen) atoms. The maximum Gasteiger partial charge on any atom is 0.471 e. The van der Waals surface area contributed by atoms with Gasteiger partial charge in [-0.2, -0.15) is 31.3 Å². The van der Waals surface area contributed by atoms with E-state index in [2.05, 4.69) is 14.7 Å².